The van der Waals surface area contributed by atoms with Crippen LogP contribution in [0.1, 0.15) is 58.6 Å². The second-order valence-electron chi connectivity index (χ2n) is 8.86. The van der Waals surface area contributed by atoms with Gasteiger partial charge in [-0.3, -0.25) is 9.69 Å². The molecule has 1 aliphatic heterocycles. The minimum Gasteiger partial charge on any atom is -0.300 e. The van der Waals surface area contributed by atoms with E-state index in [4.69, 9.17) is 0 Å². The van der Waals surface area contributed by atoms with Gasteiger partial charge >= 0.3 is 0 Å². The van der Waals surface area contributed by atoms with E-state index in [1.807, 2.05) is 12.1 Å². The van der Waals surface area contributed by atoms with Crippen LogP contribution in [0.25, 0.3) is 0 Å². The summed E-state index contributed by atoms with van der Waals surface area (Å²) in [5.74, 6) is 1.54. The minimum atomic E-state index is 0.163. The predicted molar refractivity (Wildman–Crippen MR) is 128 cm³/mol. The summed E-state index contributed by atoms with van der Waals surface area (Å²) < 4.78 is 2.20. The molecule has 0 amide bonds. The van der Waals surface area contributed by atoms with Gasteiger partial charge in [0.15, 0.2) is 10.9 Å². The molecule has 2 aromatic carbocycles. The maximum absolute atomic E-state index is 12.9. The van der Waals surface area contributed by atoms with E-state index < -0.39 is 0 Å². The number of nitrogens with zero attached hydrogens (tertiary/aromatic N) is 4. The van der Waals surface area contributed by atoms with Gasteiger partial charge in [-0.05, 0) is 68.0 Å². The van der Waals surface area contributed by atoms with Crippen molar-refractivity contribution in [1.29, 1.82) is 0 Å². The van der Waals surface area contributed by atoms with Gasteiger partial charge in [0.25, 0.3) is 0 Å². The first kappa shape index (κ1) is 21.4. The zero-order valence-electron chi connectivity index (χ0n) is 18.5. The smallest absolute Gasteiger partial charge is 0.192 e. The van der Waals surface area contributed by atoms with E-state index in [0.29, 0.717) is 5.75 Å². The Morgan fingerprint density at radius 2 is 1.69 bits per heavy atom. The quantitative estimate of drug-likeness (QED) is 0.368. The van der Waals surface area contributed by atoms with E-state index >= 15 is 0 Å². The first-order chi connectivity index (χ1) is 15.8. The second kappa shape index (κ2) is 10.0. The maximum atomic E-state index is 12.9. The van der Waals surface area contributed by atoms with Crippen LogP contribution in [0.15, 0.2) is 53.7 Å². The molecule has 1 aromatic heterocycles. The third-order valence-corrected chi connectivity index (χ3v) is 7.51. The van der Waals surface area contributed by atoms with Crippen LogP contribution < -0.4 is 0 Å². The molecule has 0 spiro atoms. The van der Waals surface area contributed by atoms with Crippen molar-refractivity contribution < 1.29 is 4.79 Å². The lowest BCUT2D eigenvalue weighted by atomic mass is 10.0. The standard InChI is InChI=1S/C26H30N4OS/c31-24(23-13-12-21-10-7-11-22(21)16-23)19-32-26-28-27-25(18-29-14-5-2-6-15-29)30(26)17-20-8-3-1-4-9-20/h1,3-4,8-9,12-13,16H,2,5-7,10-11,14-15,17-19H2. The average molecular weight is 447 g/mol. The van der Waals surface area contributed by atoms with Crippen LogP contribution in [0.5, 0.6) is 0 Å². The van der Waals surface area contributed by atoms with Crippen LogP contribution >= 0.6 is 11.8 Å². The Kier molecular flexibility index (Phi) is 6.69. The number of rotatable bonds is 8. The molecule has 0 bridgehead atoms. The van der Waals surface area contributed by atoms with Crippen molar-refractivity contribution >= 4 is 17.5 Å². The molecule has 0 radical (unpaired) electrons. The van der Waals surface area contributed by atoms with Gasteiger partial charge in [-0.15, -0.1) is 10.2 Å². The number of hydrogen-bond acceptors (Lipinski definition) is 5. The molecule has 5 nitrogen and oxygen atoms in total. The Bertz CT molecular complexity index is 1070. The number of carbonyl (C=O) groups is 1. The van der Waals surface area contributed by atoms with Gasteiger partial charge in [0, 0.05) is 5.56 Å². The number of hydrogen-bond donors (Lipinski definition) is 0. The molecule has 1 aliphatic carbocycles. The molecule has 166 valence electrons. The van der Waals surface area contributed by atoms with Crippen molar-refractivity contribution in [2.24, 2.45) is 0 Å². The molecule has 2 heterocycles. The number of ketones is 1. The van der Waals surface area contributed by atoms with Gasteiger partial charge in [0.1, 0.15) is 5.82 Å². The average Bonchev–Trinajstić information content (AvgIpc) is 3.45. The highest BCUT2D eigenvalue weighted by Crippen LogP contribution is 2.25. The van der Waals surface area contributed by atoms with Crippen molar-refractivity contribution in [2.75, 3.05) is 18.8 Å². The first-order valence-electron chi connectivity index (χ1n) is 11.7. The van der Waals surface area contributed by atoms with Gasteiger partial charge in [-0.25, -0.2) is 0 Å². The molecular weight excluding hydrogens is 416 g/mol. The Labute approximate surface area is 194 Å². The number of benzene rings is 2. The summed E-state index contributed by atoms with van der Waals surface area (Å²) in [5.41, 5.74) is 4.79. The predicted octanol–water partition coefficient (Wildman–Crippen LogP) is 4.78. The zero-order chi connectivity index (χ0) is 21.8. The second-order valence-corrected chi connectivity index (χ2v) is 9.80. The summed E-state index contributed by atoms with van der Waals surface area (Å²) in [6, 6.07) is 16.7. The van der Waals surface area contributed by atoms with Crippen molar-refractivity contribution in [2.45, 2.75) is 56.8 Å². The van der Waals surface area contributed by atoms with Gasteiger partial charge in [0.2, 0.25) is 0 Å². The Morgan fingerprint density at radius 3 is 2.53 bits per heavy atom. The molecule has 1 fully saturated rings. The van der Waals surface area contributed by atoms with Crippen LogP contribution in [0.4, 0.5) is 0 Å². The highest BCUT2D eigenvalue weighted by molar-refractivity contribution is 7.99. The zero-order valence-corrected chi connectivity index (χ0v) is 19.3. The summed E-state index contributed by atoms with van der Waals surface area (Å²) in [7, 11) is 0. The SMILES string of the molecule is O=C(CSc1nnc(CN2CCCCC2)n1Cc1ccccc1)c1ccc2c(c1)CCC2. The minimum absolute atomic E-state index is 0.163. The largest absolute Gasteiger partial charge is 0.300 e. The number of carbonyl (C=O) groups excluding carboxylic acids is 1. The van der Waals surface area contributed by atoms with Crippen LogP contribution in [0.2, 0.25) is 0 Å². The molecule has 32 heavy (non-hydrogen) atoms. The summed E-state index contributed by atoms with van der Waals surface area (Å²) in [6.45, 7) is 3.79. The maximum Gasteiger partial charge on any atom is 0.192 e. The van der Waals surface area contributed by atoms with E-state index in [1.165, 1.54) is 54.1 Å². The van der Waals surface area contributed by atoms with Gasteiger partial charge in [-0.1, -0.05) is 60.6 Å². The Hall–Kier alpha value is -2.44. The van der Waals surface area contributed by atoms with E-state index in [1.54, 1.807) is 0 Å². The topological polar surface area (TPSA) is 51.0 Å². The van der Waals surface area contributed by atoms with Crippen molar-refractivity contribution in [3.8, 4) is 0 Å². The molecule has 0 saturated carbocycles. The van der Waals surface area contributed by atoms with Crippen molar-refractivity contribution in [3.05, 3.63) is 76.6 Å². The van der Waals surface area contributed by atoms with E-state index in [9.17, 15) is 4.79 Å². The molecule has 0 unspecified atom stereocenters. The summed E-state index contributed by atoms with van der Waals surface area (Å²) >= 11 is 1.51. The fraction of sp³-hybridized carbons (Fsp3) is 0.423. The number of aromatic nitrogens is 3. The fourth-order valence-corrected chi connectivity index (χ4v) is 5.59. The number of fused-ring (bicyclic) bond motifs is 1. The van der Waals surface area contributed by atoms with Gasteiger partial charge < -0.3 is 4.57 Å². The molecular formula is C26H30N4OS. The number of thioether (sulfide) groups is 1. The Morgan fingerprint density at radius 1 is 0.875 bits per heavy atom. The van der Waals surface area contributed by atoms with Crippen LogP contribution in [-0.4, -0.2) is 44.3 Å². The molecule has 2 aliphatic rings. The highest BCUT2D eigenvalue weighted by Gasteiger charge is 2.20. The van der Waals surface area contributed by atoms with Crippen LogP contribution in [-0.2, 0) is 25.9 Å². The monoisotopic (exact) mass is 446 g/mol. The van der Waals surface area contributed by atoms with Crippen LogP contribution in [0, 0.1) is 0 Å². The molecule has 1 saturated heterocycles. The van der Waals surface area contributed by atoms with Crippen molar-refractivity contribution in [1.82, 2.24) is 19.7 Å². The van der Waals surface area contributed by atoms with Crippen molar-refractivity contribution in [3.63, 3.8) is 0 Å². The Balaban J connectivity index is 1.32. The normalized spacial score (nSPS) is 16.2. The summed E-state index contributed by atoms with van der Waals surface area (Å²) in [4.78, 5) is 15.4. The number of aryl methyl sites for hydroxylation is 2. The molecule has 0 atom stereocenters. The number of likely N-dealkylation sites (tertiary alicyclic amines) is 1. The third kappa shape index (κ3) is 4.97. The fourth-order valence-electron chi connectivity index (χ4n) is 4.74. The molecule has 3 aromatic rings. The van der Waals surface area contributed by atoms with Gasteiger partial charge in [0.05, 0.1) is 18.8 Å². The third-order valence-electron chi connectivity index (χ3n) is 6.54. The van der Waals surface area contributed by atoms with E-state index in [0.717, 1.165) is 55.6 Å². The summed E-state index contributed by atoms with van der Waals surface area (Å²) in [6.07, 6.45) is 7.26. The van der Waals surface area contributed by atoms with Gasteiger partial charge in [-0.2, -0.15) is 0 Å². The van der Waals surface area contributed by atoms with E-state index in [-0.39, 0.29) is 5.78 Å². The highest BCUT2D eigenvalue weighted by atomic mass is 32.2. The lowest BCUT2D eigenvalue weighted by molar-refractivity contribution is 0.102. The number of Topliss-reactive ketones (excluding diaryl/α,β-unsaturated/α-hetero) is 1. The summed E-state index contributed by atoms with van der Waals surface area (Å²) in [5, 5.41) is 9.87. The first-order valence-corrected chi connectivity index (χ1v) is 12.7. The number of piperidine rings is 1. The lowest BCUT2D eigenvalue weighted by Crippen LogP contribution is -2.30. The molecule has 6 heteroatoms. The van der Waals surface area contributed by atoms with E-state index in [2.05, 4.69) is 56.1 Å². The molecule has 5 rings (SSSR count). The van der Waals surface area contributed by atoms with Crippen LogP contribution in [0.3, 0.4) is 0 Å². The lowest BCUT2D eigenvalue weighted by Gasteiger charge is -2.26. The molecule has 0 N–H and O–H groups in total.